The smallest absolute Gasteiger partial charge is 0.174 e. The molecule has 1 saturated carbocycles. The van der Waals surface area contributed by atoms with Gasteiger partial charge in [-0.15, -0.1) is 0 Å². The van der Waals surface area contributed by atoms with E-state index in [1.807, 2.05) is 0 Å². The molecule has 2 heterocycles. The van der Waals surface area contributed by atoms with E-state index in [0.29, 0.717) is 25.0 Å². The zero-order chi connectivity index (χ0) is 17.7. The van der Waals surface area contributed by atoms with Gasteiger partial charge in [0.1, 0.15) is 0 Å². The molecule has 2 aliphatic carbocycles. The van der Waals surface area contributed by atoms with Crippen LogP contribution in [0, 0.1) is 5.92 Å². The Balaban J connectivity index is 1.91. The van der Waals surface area contributed by atoms with Gasteiger partial charge in [-0.05, 0) is 50.4 Å². The van der Waals surface area contributed by atoms with Crippen LogP contribution in [0.3, 0.4) is 0 Å². The zero-order valence-corrected chi connectivity index (χ0v) is 12.9. The number of ether oxygens (including phenoxy) is 2. The predicted octanol–water partition coefficient (Wildman–Crippen LogP) is 1.93. The molecule has 0 aromatic heterocycles. The molecule has 4 aliphatic rings. The van der Waals surface area contributed by atoms with Gasteiger partial charge in [0.25, 0.3) is 0 Å². The molecule has 2 aliphatic heterocycles. The molecule has 1 aromatic carbocycles. The van der Waals surface area contributed by atoms with Gasteiger partial charge < -0.3 is 14.4 Å². The summed E-state index contributed by atoms with van der Waals surface area (Å²) in [5, 5.41) is 0. The third-order valence-electron chi connectivity index (χ3n) is 6.19. The van der Waals surface area contributed by atoms with E-state index >= 15 is 0 Å². The first-order valence-electron chi connectivity index (χ1n) is 9.50. The highest BCUT2D eigenvalue weighted by Crippen LogP contribution is 2.62. The Morgan fingerprint density at radius 3 is 3.23 bits per heavy atom. The number of Topliss-reactive ketones (excluding diaryl/α,β-unsaturated/α-hetero) is 1. The van der Waals surface area contributed by atoms with Gasteiger partial charge in [-0.3, -0.25) is 4.79 Å². The van der Waals surface area contributed by atoms with Gasteiger partial charge in [0.2, 0.25) is 0 Å². The summed E-state index contributed by atoms with van der Waals surface area (Å²) in [6.07, 6.45) is 0.802. The lowest BCUT2D eigenvalue weighted by atomic mass is 9.52. The Labute approximate surface area is 134 Å². The van der Waals surface area contributed by atoms with Gasteiger partial charge in [-0.1, -0.05) is 6.04 Å². The highest BCUT2D eigenvalue weighted by molar-refractivity contribution is 5.89. The summed E-state index contributed by atoms with van der Waals surface area (Å²) in [7, 11) is 3.53. The molecule has 0 radical (unpaired) electrons. The van der Waals surface area contributed by atoms with Crippen molar-refractivity contribution in [2.45, 2.75) is 43.2 Å². The summed E-state index contributed by atoms with van der Waals surface area (Å²) in [5.41, 5.74) is 0.888. The number of likely N-dealkylation sites (N-methyl/N-ethyl adjacent to an activating group) is 1. The Kier molecular flexibility index (Phi) is 1.89. The van der Waals surface area contributed by atoms with E-state index in [4.69, 9.17) is 13.6 Å². The largest absolute Gasteiger partial charge is 0.493 e. The van der Waals surface area contributed by atoms with Gasteiger partial charge in [0.05, 0.1) is 11.2 Å². The van der Waals surface area contributed by atoms with Crippen LogP contribution < -0.4 is 9.47 Å². The number of nitrogens with zero attached hydrogens (tertiary/aromatic N) is 1. The summed E-state index contributed by atoms with van der Waals surface area (Å²) in [5.74, 6) is 0.548. The maximum atomic E-state index is 12.8. The van der Waals surface area contributed by atoms with Crippen LogP contribution in [0.5, 0.6) is 11.5 Å². The zero-order valence-electron chi connectivity index (χ0n) is 15.9. The summed E-state index contributed by atoms with van der Waals surface area (Å²) in [6.45, 7) is 0.801. The average molecular weight is 302 g/mol. The number of piperidine rings is 1. The molecule has 2 bridgehead atoms. The van der Waals surface area contributed by atoms with Gasteiger partial charge in [-0.2, -0.15) is 0 Å². The molecule has 4 heteroatoms. The number of carbonyl (C=O) groups excluding carboxylic acids is 1. The monoisotopic (exact) mass is 302 g/mol. The molecule has 1 unspecified atom stereocenters. The van der Waals surface area contributed by atoms with Gasteiger partial charge in [0.15, 0.2) is 23.4 Å². The van der Waals surface area contributed by atoms with Crippen LogP contribution in [0.1, 0.15) is 34.5 Å². The molecule has 1 aromatic rings. The molecular weight excluding hydrogens is 278 g/mol. The van der Waals surface area contributed by atoms with Gasteiger partial charge in [0, 0.05) is 23.4 Å². The van der Waals surface area contributed by atoms with E-state index in [0.717, 1.165) is 24.1 Å². The average Bonchev–Trinajstić information content (AvgIpc) is 2.85. The molecule has 5 rings (SSSR count). The summed E-state index contributed by atoms with van der Waals surface area (Å²) >= 11 is 0. The molecule has 0 amide bonds. The number of methoxy groups -OCH3 is 1. The van der Waals surface area contributed by atoms with Crippen molar-refractivity contribution >= 4 is 5.78 Å². The first-order valence-corrected chi connectivity index (χ1v) is 8.00. The molecule has 1 spiro atoms. The fraction of sp³-hybridized carbons (Fsp3) is 0.611. The number of ketones is 1. The van der Waals surface area contributed by atoms with Crippen molar-refractivity contribution in [1.29, 1.82) is 0 Å². The molecule has 4 atom stereocenters. The first kappa shape index (κ1) is 10.3. The fourth-order valence-electron chi connectivity index (χ4n) is 5.26. The van der Waals surface area contributed by atoms with E-state index in [1.165, 1.54) is 7.11 Å². The molecular formula is C18H21NO3. The van der Waals surface area contributed by atoms with Crippen molar-refractivity contribution < 1.29 is 18.4 Å². The number of hydrogen-bond donors (Lipinski definition) is 0. The second kappa shape index (κ2) is 4.05. The number of benzene rings is 1. The summed E-state index contributed by atoms with van der Waals surface area (Å²) in [6, 6.07) is 0.326. The van der Waals surface area contributed by atoms with Crippen LogP contribution >= 0.6 is 0 Å². The fourth-order valence-corrected chi connectivity index (χ4v) is 5.26. The molecule has 2 fully saturated rings. The maximum absolute atomic E-state index is 12.8. The van der Waals surface area contributed by atoms with Crippen LogP contribution in [-0.2, 0) is 16.6 Å². The lowest BCUT2D eigenvalue weighted by molar-refractivity contribution is -0.138. The third-order valence-corrected chi connectivity index (χ3v) is 6.19. The lowest BCUT2D eigenvalue weighted by Gasteiger charge is -2.57. The van der Waals surface area contributed by atoms with E-state index in [2.05, 4.69) is 11.9 Å². The Bertz CT molecular complexity index is 829. The minimum atomic E-state index is -1.65. The number of hydrogen-bond acceptors (Lipinski definition) is 4. The topological polar surface area (TPSA) is 38.8 Å². The van der Waals surface area contributed by atoms with Crippen LogP contribution in [0.2, 0.25) is 0 Å². The quantitative estimate of drug-likeness (QED) is 0.794. The summed E-state index contributed by atoms with van der Waals surface area (Å²) in [4.78, 5) is 15.1. The molecule has 1 saturated heterocycles. The van der Waals surface area contributed by atoms with Crippen LogP contribution in [0.25, 0.3) is 0 Å². The predicted molar refractivity (Wildman–Crippen MR) is 81.6 cm³/mol. The summed E-state index contributed by atoms with van der Waals surface area (Å²) < 4.78 is 37.3. The number of carbonyl (C=O) groups is 1. The van der Waals surface area contributed by atoms with E-state index in [1.54, 1.807) is 0 Å². The van der Waals surface area contributed by atoms with Crippen molar-refractivity contribution in [2.24, 2.45) is 5.92 Å². The van der Waals surface area contributed by atoms with Crippen molar-refractivity contribution in [1.82, 2.24) is 4.90 Å². The Morgan fingerprint density at radius 1 is 1.55 bits per heavy atom. The minimum absolute atomic E-state index is 0.0125. The highest BCUT2D eigenvalue weighted by atomic mass is 16.5. The maximum Gasteiger partial charge on any atom is 0.174 e. The van der Waals surface area contributed by atoms with Gasteiger partial charge >= 0.3 is 0 Å². The minimum Gasteiger partial charge on any atom is -0.493 e. The van der Waals surface area contributed by atoms with E-state index in [9.17, 15) is 4.79 Å². The molecule has 0 N–H and O–H groups in total. The second-order valence-electron chi connectivity index (χ2n) is 6.94. The van der Waals surface area contributed by atoms with Crippen LogP contribution in [0.15, 0.2) is 12.1 Å². The van der Waals surface area contributed by atoms with Crippen molar-refractivity contribution in [3.8, 4) is 11.5 Å². The van der Waals surface area contributed by atoms with Crippen molar-refractivity contribution in [3.63, 3.8) is 0 Å². The molecule has 22 heavy (non-hydrogen) atoms. The molecule has 4 nitrogen and oxygen atoms in total. The van der Waals surface area contributed by atoms with Crippen LogP contribution in [-0.4, -0.2) is 43.5 Å². The number of rotatable bonds is 1. The lowest BCUT2D eigenvalue weighted by Crippen LogP contribution is -2.65. The third kappa shape index (κ3) is 1.27. The normalized spacial score (nSPS) is 43.7. The van der Waals surface area contributed by atoms with E-state index < -0.39 is 11.5 Å². The molecule has 116 valence electrons. The van der Waals surface area contributed by atoms with Gasteiger partial charge in [-0.25, -0.2) is 0 Å². The van der Waals surface area contributed by atoms with Crippen molar-refractivity contribution in [3.05, 3.63) is 23.2 Å². The van der Waals surface area contributed by atoms with Crippen molar-refractivity contribution in [2.75, 3.05) is 20.7 Å². The highest BCUT2D eigenvalue weighted by Gasteiger charge is 2.65. The first-order chi connectivity index (χ1) is 11.9. The standard InChI is InChI=1S/C18H21NO3/c1-19-8-7-18-11-4-5-13(20)17(18)22-16-14(21-2)6-3-10(15(16)18)9-12(11)19/h3,6,11-12,17H,4-5,7-9H2,1-2H3/t11-,12+,17?,18-/m0/s1/i3D,6D,17D. The second-order valence-corrected chi connectivity index (χ2v) is 6.94. The SMILES string of the molecule is [2H]c1c([2H])c(OC)c2c3c1C[C@@H]1[C@@H]4CCC(=O)C([2H])(O2)[C@]34CCN1C. The van der Waals surface area contributed by atoms with Crippen LogP contribution in [0.4, 0.5) is 0 Å². The Hall–Kier alpha value is -1.55. The number of likely N-dealkylation sites (tertiary alicyclic amines) is 1. The Morgan fingerprint density at radius 2 is 2.41 bits per heavy atom. The van der Waals surface area contributed by atoms with E-state index in [-0.39, 0.29) is 35.6 Å².